The topological polar surface area (TPSA) is 49.4 Å². The van der Waals surface area contributed by atoms with Gasteiger partial charge >= 0.3 is 0 Å². The van der Waals surface area contributed by atoms with E-state index in [2.05, 4.69) is 115 Å². The number of piperidine rings is 1. The fourth-order valence-electron chi connectivity index (χ4n) is 11.1. The van der Waals surface area contributed by atoms with Gasteiger partial charge in [0.25, 0.3) is 0 Å². The van der Waals surface area contributed by atoms with E-state index in [1.165, 1.54) is 32.1 Å². The van der Waals surface area contributed by atoms with Crippen LogP contribution in [0.1, 0.15) is 88.3 Å². The molecule has 1 aliphatic heterocycles. The van der Waals surface area contributed by atoms with Crippen LogP contribution in [0.15, 0.2) is 91.0 Å². The Morgan fingerprint density at radius 1 is 0.756 bits per heavy atom. The number of likely N-dealkylation sites (tertiary alicyclic amines) is 1. The molecule has 0 spiro atoms. The van der Waals surface area contributed by atoms with Gasteiger partial charge in [-0.2, -0.15) is 0 Å². The average molecular weight is 603 g/mol. The van der Waals surface area contributed by atoms with Crippen LogP contribution in [0.25, 0.3) is 0 Å². The Hall–Kier alpha value is -3.40. The van der Waals surface area contributed by atoms with Crippen molar-refractivity contribution in [3.8, 4) is 0 Å². The maximum atomic E-state index is 14.1. The molecule has 1 heterocycles. The molecule has 3 saturated carbocycles. The lowest BCUT2D eigenvalue weighted by molar-refractivity contribution is -0.158. The van der Waals surface area contributed by atoms with Crippen molar-refractivity contribution < 1.29 is 9.59 Å². The Kier molecular flexibility index (Phi) is 7.90. The highest BCUT2D eigenvalue weighted by Crippen LogP contribution is 2.66. The second kappa shape index (κ2) is 11.8. The van der Waals surface area contributed by atoms with Gasteiger partial charge in [0.05, 0.1) is 5.41 Å². The minimum absolute atomic E-state index is 0.121. The van der Waals surface area contributed by atoms with Crippen LogP contribution in [0.5, 0.6) is 0 Å². The number of carbonyl (C=O) groups excluding carboxylic acids is 2. The summed E-state index contributed by atoms with van der Waals surface area (Å²) in [5.41, 5.74) is 3.36. The van der Waals surface area contributed by atoms with Crippen LogP contribution in [0, 0.1) is 34.5 Å². The molecular formula is C41H50N2O2. The van der Waals surface area contributed by atoms with Gasteiger partial charge in [0.15, 0.2) is 0 Å². The summed E-state index contributed by atoms with van der Waals surface area (Å²) in [6.45, 7) is 5.81. The maximum absolute atomic E-state index is 14.1. The van der Waals surface area contributed by atoms with Gasteiger partial charge in [-0.3, -0.25) is 9.59 Å². The van der Waals surface area contributed by atoms with Crippen LogP contribution in [0.3, 0.4) is 0 Å². The summed E-state index contributed by atoms with van der Waals surface area (Å²) < 4.78 is 0. The van der Waals surface area contributed by atoms with E-state index < -0.39 is 5.41 Å². The van der Waals surface area contributed by atoms with E-state index in [0.717, 1.165) is 47.9 Å². The Labute approximate surface area is 270 Å². The fraction of sp³-hybridized carbons (Fsp3) is 0.512. The van der Waals surface area contributed by atoms with Gasteiger partial charge in [-0.1, -0.05) is 105 Å². The van der Waals surface area contributed by atoms with Crippen molar-refractivity contribution in [3.05, 3.63) is 108 Å². The van der Waals surface area contributed by atoms with Crippen LogP contribution >= 0.6 is 0 Å². The molecule has 3 aromatic carbocycles. The molecule has 236 valence electrons. The van der Waals surface area contributed by atoms with E-state index in [4.69, 9.17) is 0 Å². The van der Waals surface area contributed by atoms with Gasteiger partial charge in [-0.25, -0.2) is 0 Å². The normalized spacial score (nSPS) is 32.7. The summed E-state index contributed by atoms with van der Waals surface area (Å²) in [6, 6.07) is 32.1. The van der Waals surface area contributed by atoms with Crippen molar-refractivity contribution >= 4 is 11.8 Å². The number of rotatable bonds is 7. The van der Waals surface area contributed by atoms with Crippen LogP contribution in [0.2, 0.25) is 0 Å². The smallest absolute Gasteiger partial charge is 0.222 e. The first-order valence-corrected chi connectivity index (χ1v) is 17.5. The van der Waals surface area contributed by atoms with Gasteiger partial charge in [-0.05, 0) is 96.1 Å². The second-order valence-corrected chi connectivity index (χ2v) is 15.3. The van der Waals surface area contributed by atoms with Crippen molar-refractivity contribution in [2.75, 3.05) is 13.6 Å². The standard InChI is InChI=1S/C41H50N2O2/c1-39-25-23-35-33(20-22-36-40(35,2)26-24-38(45)43(36)3)34(39)21-19-32(39)28-42-37(44)27-41(29-13-7-4-8-14-29,30-15-9-5-10-16-30)31-17-11-6-12-18-31/h4-18,32-36H,19-28H2,1-3H3,(H,42,44)/t32?,33-,34-,35-,36+,39+,40+/m0/s1. The van der Waals surface area contributed by atoms with E-state index in [-0.39, 0.29) is 16.7 Å². The van der Waals surface area contributed by atoms with Crippen molar-refractivity contribution in [1.29, 1.82) is 0 Å². The van der Waals surface area contributed by atoms with Crippen molar-refractivity contribution in [2.45, 2.75) is 83.1 Å². The third kappa shape index (κ3) is 4.95. The SMILES string of the molecule is CN1C(=O)CC[C@]2(C)[C@H]3CC[C@]4(C)C(CNC(=O)CC(c5ccccc5)(c5ccccc5)c5ccccc5)CC[C@H]4[C@@H]3CC[C@@H]12. The molecule has 2 amide bonds. The quantitative estimate of drug-likeness (QED) is 0.279. The molecule has 7 rings (SSSR count). The number of nitrogens with one attached hydrogen (secondary N) is 1. The van der Waals surface area contributed by atoms with E-state index in [1.807, 2.05) is 7.05 Å². The summed E-state index contributed by atoms with van der Waals surface area (Å²) >= 11 is 0. The molecule has 7 atom stereocenters. The van der Waals surface area contributed by atoms with Crippen LogP contribution in [-0.4, -0.2) is 36.3 Å². The summed E-state index contributed by atoms with van der Waals surface area (Å²) in [6.07, 6.45) is 9.49. The van der Waals surface area contributed by atoms with Crippen LogP contribution in [0.4, 0.5) is 0 Å². The zero-order valence-corrected chi connectivity index (χ0v) is 27.4. The van der Waals surface area contributed by atoms with Crippen LogP contribution < -0.4 is 5.32 Å². The Bertz CT molecular complexity index is 1410. The van der Waals surface area contributed by atoms with Gasteiger partial charge in [0.1, 0.15) is 0 Å². The van der Waals surface area contributed by atoms with Gasteiger partial charge in [-0.15, -0.1) is 0 Å². The van der Waals surface area contributed by atoms with Crippen molar-refractivity contribution in [3.63, 3.8) is 0 Å². The predicted molar refractivity (Wildman–Crippen MR) is 181 cm³/mol. The fourth-order valence-corrected chi connectivity index (χ4v) is 11.1. The summed E-state index contributed by atoms with van der Waals surface area (Å²) in [7, 11) is 2.05. The monoisotopic (exact) mass is 602 g/mol. The molecule has 0 bridgehead atoms. The maximum Gasteiger partial charge on any atom is 0.222 e. The Balaban J connectivity index is 1.10. The molecule has 4 aliphatic rings. The number of hydrogen-bond donors (Lipinski definition) is 1. The van der Waals surface area contributed by atoms with E-state index in [9.17, 15) is 9.59 Å². The molecule has 1 unspecified atom stereocenters. The number of amides is 2. The lowest BCUT2D eigenvalue weighted by Gasteiger charge is -2.61. The summed E-state index contributed by atoms with van der Waals surface area (Å²) in [5, 5.41) is 3.50. The number of benzene rings is 3. The summed E-state index contributed by atoms with van der Waals surface area (Å²) in [4.78, 5) is 28.8. The van der Waals surface area contributed by atoms with Gasteiger partial charge in [0, 0.05) is 32.5 Å². The highest BCUT2D eigenvalue weighted by molar-refractivity contribution is 5.80. The number of hydrogen-bond acceptors (Lipinski definition) is 2. The lowest BCUT2D eigenvalue weighted by atomic mass is 9.47. The molecular weight excluding hydrogens is 552 g/mol. The zero-order valence-electron chi connectivity index (χ0n) is 27.4. The van der Waals surface area contributed by atoms with Gasteiger partial charge in [0.2, 0.25) is 11.8 Å². The summed E-state index contributed by atoms with van der Waals surface area (Å²) in [5.74, 6) is 3.14. The average Bonchev–Trinajstić information content (AvgIpc) is 3.42. The minimum atomic E-state index is -0.573. The second-order valence-electron chi connectivity index (χ2n) is 15.3. The van der Waals surface area contributed by atoms with Crippen molar-refractivity contribution in [1.82, 2.24) is 10.2 Å². The van der Waals surface area contributed by atoms with E-state index in [1.54, 1.807) is 0 Å². The minimum Gasteiger partial charge on any atom is -0.356 e. The molecule has 4 heteroatoms. The van der Waals surface area contributed by atoms with Crippen molar-refractivity contribution in [2.24, 2.45) is 34.5 Å². The Morgan fingerprint density at radius 3 is 1.89 bits per heavy atom. The van der Waals surface area contributed by atoms with E-state index >= 15 is 0 Å². The molecule has 3 aromatic rings. The molecule has 0 aromatic heterocycles. The molecule has 1 saturated heterocycles. The highest BCUT2D eigenvalue weighted by Gasteiger charge is 2.61. The molecule has 3 aliphatic carbocycles. The molecule has 4 nitrogen and oxygen atoms in total. The first-order chi connectivity index (χ1) is 21.8. The third-order valence-corrected chi connectivity index (χ3v) is 13.5. The Morgan fingerprint density at radius 2 is 1.31 bits per heavy atom. The largest absolute Gasteiger partial charge is 0.356 e. The molecule has 0 radical (unpaired) electrons. The van der Waals surface area contributed by atoms with Gasteiger partial charge < -0.3 is 10.2 Å². The molecule has 1 N–H and O–H groups in total. The number of nitrogens with zero attached hydrogens (tertiary/aromatic N) is 1. The number of carbonyl (C=O) groups is 2. The first-order valence-electron chi connectivity index (χ1n) is 17.5. The highest BCUT2D eigenvalue weighted by atomic mass is 16.2. The predicted octanol–water partition coefficient (Wildman–Crippen LogP) is 8.01. The number of fused-ring (bicyclic) bond motifs is 5. The lowest BCUT2D eigenvalue weighted by Crippen LogP contribution is -2.61. The molecule has 45 heavy (non-hydrogen) atoms. The first kappa shape index (κ1) is 30.3. The van der Waals surface area contributed by atoms with Crippen LogP contribution in [-0.2, 0) is 15.0 Å². The van der Waals surface area contributed by atoms with E-state index in [0.29, 0.717) is 36.6 Å². The molecule has 4 fully saturated rings. The third-order valence-electron chi connectivity index (χ3n) is 13.5. The zero-order chi connectivity index (χ0) is 31.2.